The lowest BCUT2D eigenvalue weighted by atomic mass is 10.0. The van der Waals surface area contributed by atoms with Gasteiger partial charge in [-0.3, -0.25) is 14.2 Å². The van der Waals surface area contributed by atoms with Gasteiger partial charge < -0.3 is 27.9 Å². The second-order valence-corrected chi connectivity index (χ2v) is 27.7. The first-order valence-corrected chi connectivity index (χ1v) is 38.8. The van der Waals surface area contributed by atoms with Crippen LogP contribution in [0.1, 0.15) is 348 Å². The third kappa shape index (κ3) is 72.3. The highest BCUT2D eigenvalue weighted by molar-refractivity contribution is 7.45. The minimum Gasteiger partial charge on any atom is -0.756 e. The van der Waals surface area contributed by atoms with Crippen molar-refractivity contribution in [3.05, 3.63) is 85.1 Å². The molecule has 0 aromatic heterocycles. The average molecular weight is 1250 g/mol. The maximum Gasteiger partial charge on any atom is 0.306 e. The van der Waals surface area contributed by atoms with E-state index >= 15 is 0 Å². The molecule has 0 aliphatic rings. The van der Waals surface area contributed by atoms with Gasteiger partial charge in [0.15, 0.2) is 6.10 Å². The molecule has 0 fully saturated rings. The van der Waals surface area contributed by atoms with E-state index in [0.717, 1.165) is 77.0 Å². The van der Waals surface area contributed by atoms with Gasteiger partial charge in [0, 0.05) is 12.8 Å². The molecule has 0 radical (unpaired) electrons. The van der Waals surface area contributed by atoms with Crippen LogP contribution in [0.2, 0.25) is 0 Å². The van der Waals surface area contributed by atoms with Crippen LogP contribution in [0.25, 0.3) is 0 Å². The fraction of sp³-hybridized carbons (Fsp3) is 0.795. The fourth-order valence-corrected chi connectivity index (χ4v) is 11.4. The van der Waals surface area contributed by atoms with E-state index in [0.29, 0.717) is 17.4 Å². The third-order valence-corrected chi connectivity index (χ3v) is 17.4. The van der Waals surface area contributed by atoms with Crippen LogP contribution >= 0.6 is 7.82 Å². The van der Waals surface area contributed by atoms with Crippen LogP contribution < -0.4 is 4.89 Å². The molecular formula is C78H142NO8P. The van der Waals surface area contributed by atoms with Crippen molar-refractivity contribution in [3.8, 4) is 0 Å². The van der Waals surface area contributed by atoms with Gasteiger partial charge in [0.2, 0.25) is 0 Å². The molecule has 0 heterocycles. The van der Waals surface area contributed by atoms with Gasteiger partial charge in [-0.15, -0.1) is 0 Å². The van der Waals surface area contributed by atoms with Crippen LogP contribution in [0.4, 0.5) is 0 Å². The Hall–Kier alpha value is -2.81. The minimum absolute atomic E-state index is 0.0309. The molecule has 0 saturated heterocycles. The summed E-state index contributed by atoms with van der Waals surface area (Å²) in [6.45, 7) is 4.17. The van der Waals surface area contributed by atoms with Gasteiger partial charge in [0.05, 0.1) is 27.7 Å². The lowest BCUT2D eigenvalue weighted by Crippen LogP contribution is -2.37. The number of quaternary nitrogens is 1. The Bertz CT molecular complexity index is 1760. The summed E-state index contributed by atoms with van der Waals surface area (Å²) in [6.07, 6.45) is 93.9. The molecule has 0 aromatic carbocycles. The number of likely N-dealkylation sites (N-methyl/N-ethyl adjacent to an activating group) is 1. The summed E-state index contributed by atoms with van der Waals surface area (Å²) in [4.78, 5) is 38.1. The zero-order chi connectivity index (χ0) is 64.1. The number of phosphoric acid groups is 1. The van der Waals surface area contributed by atoms with E-state index in [-0.39, 0.29) is 32.0 Å². The molecule has 2 unspecified atom stereocenters. The van der Waals surface area contributed by atoms with Crippen molar-refractivity contribution in [3.63, 3.8) is 0 Å². The molecule has 0 spiro atoms. The summed E-state index contributed by atoms with van der Waals surface area (Å²) >= 11 is 0. The summed E-state index contributed by atoms with van der Waals surface area (Å²) in [5.41, 5.74) is 0. The van der Waals surface area contributed by atoms with Gasteiger partial charge in [0.25, 0.3) is 7.82 Å². The van der Waals surface area contributed by atoms with Gasteiger partial charge in [0.1, 0.15) is 19.8 Å². The second-order valence-electron chi connectivity index (χ2n) is 26.3. The molecule has 0 rings (SSSR count). The van der Waals surface area contributed by atoms with E-state index in [1.165, 1.54) is 238 Å². The highest BCUT2D eigenvalue weighted by Crippen LogP contribution is 2.38. The standard InChI is InChI=1S/C78H142NO8P/c1-6-8-10-12-14-16-18-20-22-24-26-28-30-32-34-36-38-39-41-43-45-47-49-51-53-55-57-59-61-63-65-67-69-71-78(81)87-76(75-86-88(82,83)85-73-72-79(3,4)5)74-84-77(80)70-68-66-64-62-60-58-56-54-52-50-48-46-44-42-40-37-35-33-31-29-27-25-23-21-19-17-15-13-11-9-7-2/h8,10,14,16,19-22,25-28,31,33,76H,6-7,9,11-13,15,17-18,23-24,29-30,32,34-75H2,1-5H3/b10-8-,16-14-,21-19-,22-20-,27-25-,28-26-,33-31-. The van der Waals surface area contributed by atoms with Crippen LogP contribution in [0.15, 0.2) is 85.1 Å². The first kappa shape index (κ1) is 85.2. The summed E-state index contributed by atoms with van der Waals surface area (Å²) in [6, 6.07) is 0. The van der Waals surface area contributed by atoms with Crippen molar-refractivity contribution in [1.82, 2.24) is 0 Å². The Morgan fingerprint density at radius 1 is 0.364 bits per heavy atom. The Morgan fingerprint density at radius 3 is 0.966 bits per heavy atom. The number of carbonyl (C=O) groups is 2. The normalized spacial score (nSPS) is 13.6. The zero-order valence-electron chi connectivity index (χ0n) is 58.4. The fourth-order valence-electron chi connectivity index (χ4n) is 10.7. The predicted molar refractivity (Wildman–Crippen MR) is 379 cm³/mol. The monoisotopic (exact) mass is 1250 g/mol. The third-order valence-electron chi connectivity index (χ3n) is 16.4. The maximum atomic E-state index is 12.9. The molecule has 0 bridgehead atoms. The summed E-state index contributed by atoms with van der Waals surface area (Å²) in [5.74, 6) is -0.818. The molecule has 88 heavy (non-hydrogen) atoms. The van der Waals surface area contributed by atoms with Crippen molar-refractivity contribution in [2.75, 3.05) is 47.5 Å². The number of unbranched alkanes of at least 4 members (excludes halogenated alkanes) is 41. The molecule has 0 saturated carbocycles. The van der Waals surface area contributed by atoms with E-state index in [9.17, 15) is 19.0 Å². The molecule has 0 aliphatic carbocycles. The predicted octanol–water partition coefficient (Wildman–Crippen LogP) is 23.9. The highest BCUT2D eigenvalue weighted by Gasteiger charge is 2.22. The number of rotatable bonds is 69. The Balaban J connectivity index is 3.98. The summed E-state index contributed by atoms with van der Waals surface area (Å²) in [7, 11) is 1.18. The van der Waals surface area contributed by atoms with Gasteiger partial charge in [-0.25, -0.2) is 0 Å². The van der Waals surface area contributed by atoms with Crippen molar-refractivity contribution < 1.29 is 42.1 Å². The molecule has 2 atom stereocenters. The van der Waals surface area contributed by atoms with Gasteiger partial charge in [-0.2, -0.15) is 0 Å². The molecule has 0 N–H and O–H groups in total. The van der Waals surface area contributed by atoms with Crippen molar-refractivity contribution in [1.29, 1.82) is 0 Å². The number of phosphoric ester groups is 1. The molecule has 512 valence electrons. The van der Waals surface area contributed by atoms with E-state index in [1.54, 1.807) is 0 Å². The van der Waals surface area contributed by atoms with Gasteiger partial charge >= 0.3 is 11.9 Å². The van der Waals surface area contributed by atoms with E-state index < -0.39 is 26.5 Å². The quantitative estimate of drug-likeness (QED) is 0.0195. The van der Waals surface area contributed by atoms with Gasteiger partial charge in [-0.1, -0.05) is 330 Å². The summed E-state index contributed by atoms with van der Waals surface area (Å²) in [5, 5.41) is 0. The maximum absolute atomic E-state index is 12.9. The topological polar surface area (TPSA) is 111 Å². The number of ether oxygens (including phenoxy) is 2. The largest absolute Gasteiger partial charge is 0.756 e. The first-order valence-electron chi connectivity index (χ1n) is 37.3. The van der Waals surface area contributed by atoms with Crippen LogP contribution in [0.5, 0.6) is 0 Å². The number of nitrogens with zero attached hydrogens (tertiary/aromatic N) is 1. The minimum atomic E-state index is -4.64. The number of esters is 2. The number of hydrogen-bond donors (Lipinski definition) is 0. The molecule has 0 aliphatic heterocycles. The van der Waals surface area contributed by atoms with Crippen LogP contribution in [-0.2, 0) is 32.7 Å². The van der Waals surface area contributed by atoms with Crippen molar-refractivity contribution >= 4 is 19.8 Å². The first-order chi connectivity index (χ1) is 43.0. The van der Waals surface area contributed by atoms with Crippen molar-refractivity contribution in [2.45, 2.75) is 354 Å². The average Bonchev–Trinajstić information content (AvgIpc) is 3.56. The Labute approximate surface area is 545 Å². The smallest absolute Gasteiger partial charge is 0.306 e. The molecule has 0 aromatic rings. The highest BCUT2D eigenvalue weighted by atomic mass is 31.2. The van der Waals surface area contributed by atoms with E-state index in [1.807, 2.05) is 21.1 Å². The second kappa shape index (κ2) is 68.6. The van der Waals surface area contributed by atoms with Crippen LogP contribution in [-0.4, -0.2) is 70.0 Å². The van der Waals surface area contributed by atoms with E-state index in [4.69, 9.17) is 18.5 Å². The Kier molecular flexibility index (Phi) is 66.4. The van der Waals surface area contributed by atoms with Crippen LogP contribution in [0.3, 0.4) is 0 Å². The molecule has 9 nitrogen and oxygen atoms in total. The lowest BCUT2D eigenvalue weighted by molar-refractivity contribution is -0.870. The SMILES string of the molecule is CC/C=C\C/C=C\C/C=C\C/C=C\CCCCCCCCCCCCCCCCCCCCCCC(=O)OC(COC(=O)CCCCCCCCCCCCCCCCCC/C=C\C/C=C\C/C=C\CCCCCCC)COP(=O)([O-])OCC[N+](C)(C)C. The van der Waals surface area contributed by atoms with Crippen molar-refractivity contribution in [2.24, 2.45) is 0 Å². The van der Waals surface area contributed by atoms with Crippen LogP contribution in [0, 0.1) is 0 Å². The number of hydrogen-bond acceptors (Lipinski definition) is 8. The Morgan fingerprint density at radius 2 is 0.648 bits per heavy atom. The number of allylic oxidation sites excluding steroid dienone is 14. The summed E-state index contributed by atoms with van der Waals surface area (Å²) < 4.78 is 34.4. The van der Waals surface area contributed by atoms with E-state index in [2.05, 4.69) is 98.9 Å². The molecular weight excluding hydrogens is 1110 g/mol. The number of carbonyl (C=O) groups excluding carboxylic acids is 2. The zero-order valence-corrected chi connectivity index (χ0v) is 59.3. The molecule has 0 amide bonds. The lowest BCUT2D eigenvalue weighted by Gasteiger charge is -2.28. The van der Waals surface area contributed by atoms with Gasteiger partial charge in [-0.05, 0) is 89.9 Å². The molecule has 10 heteroatoms.